The topological polar surface area (TPSA) is 32.3 Å². The van der Waals surface area contributed by atoms with Gasteiger partial charge in [-0.15, -0.1) is 11.3 Å². The predicted octanol–water partition coefficient (Wildman–Crippen LogP) is 2.97. The second kappa shape index (κ2) is 5.94. The third-order valence-electron chi connectivity index (χ3n) is 3.91. The van der Waals surface area contributed by atoms with Crippen LogP contribution in [0.1, 0.15) is 22.5 Å². The Morgan fingerprint density at radius 1 is 1.45 bits per heavy atom. The Kier molecular flexibility index (Phi) is 4.03. The SMILES string of the molecule is CN(CC1CCCNC1)C(=O)c1cc2ccccc2s1. The van der Waals surface area contributed by atoms with Crippen molar-refractivity contribution in [2.45, 2.75) is 12.8 Å². The van der Waals surface area contributed by atoms with Gasteiger partial charge in [0.2, 0.25) is 0 Å². The van der Waals surface area contributed by atoms with Crippen molar-refractivity contribution in [2.75, 3.05) is 26.7 Å². The average molecular weight is 288 g/mol. The van der Waals surface area contributed by atoms with E-state index in [1.807, 2.05) is 30.1 Å². The summed E-state index contributed by atoms with van der Waals surface area (Å²) in [6.07, 6.45) is 2.44. The summed E-state index contributed by atoms with van der Waals surface area (Å²) in [5.41, 5.74) is 0. The summed E-state index contributed by atoms with van der Waals surface area (Å²) in [5.74, 6) is 0.740. The second-order valence-corrected chi connectivity index (χ2v) is 6.63. The molecule has 20 heavy (non-hydrogen) atoms. The number of amides is 1. The number of rotatable bonds is 3. The van der Waals surface area contributed by atoms with Crippen molar-refractivity contribution in [2.24, 2.45) is 5.92 Å². The maximum atomic E-state index is 12.5. The summed E-state index contributed by atoms with van der Waals surface area (Å²) >= 11 is 1.59. The number of hydrogen-bond donors (Lipinski definition) is 1. The van der Waals surface area contributed by atoms with Crippen molar-refractivity contribution in [3.63, 3.8) is 0 Å². The summed E-state index contributed by atoms with van der Waals surface area (Å²) in [4.78, 5) is 15.2. The van der Waals surface area contributed by atoms with Crippen LogP contribution in [0.2, 0.25) is 0 Å². The highest BCUT2D eigenvalue weighted by molar-refractivity contribution is 7.20. The number of nitrogens with one attached hydrogen (secondary N) is 1. The van der Waals surface area contributed by atoms with Crippen LogP contribution in [0, 0.1) is 5.92 Å². The largest absolute Gasteiger partial charge is 0.341 e. The molecule has 1 amide bonds. The van der Waals surface area contributed by atoms with E-state index in [0.717, 1.165) is 29.9 Å². The maximum absolute atomic E-state index is 12.5. The van der Waals surface area contributed by atoms with Crippen molar-refractivity contribution < 1.29 is 4.79 Å². The Morgan fingerprint density at radius 2 is 2.30 bits per heavy atom. The summed E-state index contributed by atoms with van der Waals surface area (Å²) < 4.78 is 1.18. The molecule has 0 spiro atoms. The van der Waals surface area contributed by atoms with E-state index in [4.69, 9.17) is 0 Å². The van der Waals surface area contributed by atoms with Gasteiger partial charge in [-0.1, -0.05) is 18.2 Å². The Labute approximate surface area is 123 Å². The highest BCUT2D eigenvalue weighted by Crippen LogP contribution is 2.26. The normalized spacial score (nSPS) is 19.1. The van der Waals surface area contributed by atoms with E-state index in [1.54, 1.807) is 11.3 Å². The lowest BCUT2D eigenvalue weighted by atomic mass is 9.99. The highest BCUT2D eigenvalue weighted by atomic mass is 32.1. The second-order valence-electron chi connectivity index (χ2n) is 5.55. The number of nitrogens with zero attached hydrogens (tertiary/aromatic N) is 1. The van der Waals surface area contributed by atoms with Gasteiger partial charge in [0.15, 0.2) is 0 Å². The van der Waals surface area contributed by atoms with Crippen LogP contribution >= 0.6 is 11.3 Å². The van der Waals surface area contributed by atoms with Crippen LogP contribution in [-0.2, 0) is 0 Å². The van der Waals surface area contributed by atoms with Gasteiger partial charge in [-0.3, -0.25) is 4.79 Å². The maximum Gasteiger partial charge on any atom is 0.263 e. The quantitative estimate of drug-likeness (QED) is 0.941. The highest BCUT2D eigenvalue weighted by Gasteiger charge is 2.20. The molecule has 2 aromatic rings. The van der Waals surface area contributed by atoms with Gasteiger partial charge in [0.05, 0.1) is 4.88 Å². The lowest BCUT2D eigenvalue weighted by Crippen LogP contribution is -2.38. The first-order chi connectivity index (χ1) is 9.74. The minimum Gasteiger partial charge on any atom is -0.341 e. The van der Waals surface area contributed by atoms with Crippen LogP contribution < -0.4 is 5.32 Å². The molecule has 0 bridgehead atoms. The van der Waals surface area contributed by atoms with Gasteiger partial charge in [-0.2, -0.15) is 0 Å². The van der Waals surface area contributed by atoms with Crippen LogP contribution in [0.4, 0.5) is 0 Å². The fraction of sp³-hybridized carbons (Fsp3) is 0.438. The van der Waals surface area contributed by atoms with Crippen molar-refractivity contribution in [1.82, 2.24) is 10.2 Å². The fourth-order valence-corrected chi connectivity index (χ4v) is 3.88. The Morgan fingerprint density at radius 3 is 3.05 bits per heavy atom. The molecule has 2 heterocycles. The Balaban J connectivity index is 1.70. The number of hydrogen-bond acceptors (Lipinski definition) is 3. The van der Waals surface area contributed by atoms with Crippen molar-refractivity contribution in [1.29, 1.82) is 0 Å². The zero-order valence-electron chi connectivity index (χ0n) is 11.8. The number of thiophene rings is 1. The molecular weight excluding hydrogens is 268 g/mol. The lowest BCUT2D eigenvalue weighted by molar-refractivity contribution is 0.0769. The molecule has 0 radical (unpaired) electrons. The molecule has 1 aromatic carbocycles. The van der Waals surface area contributed by atoms with Crippen LogP contribution in [0.15, 0.2) is 30.3 Å². The number of benzene rings is 1. The predicted molar refractivity (Wildman–Crippen MR) is 84.4 cm³/mol. The molecule has 3 rings (SSSR count). The van der Waals surface area contributed by atoms with E-state index in [1.165, 1.54) is 17.5 Å². The molecule has 1 aliphatic rings. The Hall–Kier alpha value is -1.39. The number of carbonyl (C=O) groups excluding carboxylic acids is 1. The van der Waals surface area contributed by atoms with Crippen LogP contribution in [0.3, 0.4) is 0 Å². The molecule has 1 aliphatic heterocycles. The molecule has 0 aliphatic carbocycles. The molecule has 4 heteroatoms. The minimum absolute atomic E-state index is 0.150. The molecule has 1 fully saturated rings. The molecule has 1 N–H and O–H groups in total. The molecule has 1 aromatic heterocycles. The Bertz CT molecular complexity index is 568. The van der Waals surface area contributed by atoms with E-state index in [2.05, 4.69) is 17.4 Å². The van der Waals surface area contributed by atoms with E-state index < -0.39 is 0 Å². The zero-order valence-corrected chi connectivity index (χ0v) is 12.6. The summed E-state index contributed by atoms with van der Waals surface area (Å²) in [5, 5.41) is 4.57. The van der Waals surface area contributed by atoms with E-state index in [0.29, 0.717) is 5.92 Å². The van der Waals surface area contributed by atoms with Crippen molar-refractivity contribution in [3.8, 4) is 0 Å². The van der Waals surface area contributed by atoms with Crippen LogP contribution in [0.5, 0.6) is 0 Å². The van der Waals surface area contributed by atoms with Crippen LogP contribution in [-0.4, -0.2) is 37.5 Å². The van der Waals surface area contributed by atoms with Crippen molar-refractivity contribution >= 4 is 27.3 Å². The van der Waals surface area contributed by atoms with Gasteiger partial charge < -0.3 is 10.2 Å². The number of fused-ring (bicyclic) bond motifs is 1. The van der Waals surface area contributed by atoms with Gasteiger partial charge in [0, 0.05) is 18.3 Å². The summed E-state index contributed by atoms with van der Waals surface area (Å²) in [6, 6.07) is 10.2. The van der Waals surface area contributed by atoms with E-state index in [-0.39, 0.29) is 5.91 Å². The minimum atomic E-state index is 0.150. The molecule has 106 valence electrons. The van der Waals surface area contributed by atoms with Crippen LogP contribution in [0.25, 0.3) is 10.1 Å². The smallest absolute Gasteiger partial charge is 0.263 e. The third kappa shape index (κ3) is 2.86. The lowest BCUT2D eigenvalue weighted by Gasteiger charge is -2.27. The van der Waals surface area contributed by atoms with E-state index >= 15 is 0 Å². The van der Waals surface area contributed by atoms with Gasteiger partial charge in [-0.05, 0) is 49.4 Å². The monoisotopic (exact) mass is 288 g/mol. The first-order valence-electron chi connectivity index (χ1n) is 7.19. The summed E-state index contributed by atoms with van der Waals surface area (Å²) in [6.45, 7) is 2.99. The molecule has 1 saturated heterocycles. The molecule has 3 nitrogen and oxygen atoms in total. The van der Waals surface area contributed by atoms with Gasteiger partial charge in [0.25, 0.3) is 5.91 Å². The summed E-state index contributed by atoms with van der Waals surface area (Å²) in [7, 11) is 1.92. The van der Waals surface area contributed by atoms with Gasteiger partial charge in [0.1, 0.15) is 0 Å². The first kappa shape index (κ1) is 13.6. The standard InChI is InChI=1S/C16H20N2OS/c1-18(11-12-5-4-8-17-10-12)16(19)15-9-13-6-2-3-7-14(13)20-15/h2-3,6-7,9,12,17H,4-5,8,10-11H2,1H3. The first-order valence-corrected chi connectivity index (χ1v) is 8.00. The molecule has 1 atom stereocenters. The van der Waals surface area contributed by atoms with Gasteiger partial charge in [-0.25, -0.2) is 0 Å². The van der Waals surface area contributed by atoms with Crippen molar-refractivity contribution in [3.05, 3.63) is 35.2 Å². The third-order valence-corrected chi connectivity index (χ3v) is 5.02. The van der Waals surface area contributed by atoms with E-state index in [9.17, 15) is 4.79 Å². The molecular formula is C16H20N2OS. The number of piperidine rings is 1. The molecule has 1 unspecified atom stereocenters. The number of carbonyl (C=O) groups is 1. The zero-order chi connectivity index (χ0) is 13.9. The van der Waals surface area contributed by atoms with Gasteiger partial charge >= 0.3 is 0 Å². The fourth-order valence-electron chi connectivity index (χ4n) is 2.83. The average Bonchev–Trinajstić information content (AvgIpc) is 2.91. The molecule has 0 saturated carbocycles.